The van der Waals surface area contributed by atoms with E-state index in [0.29, 0.717) is 10.7 Å². The first-order valence-corrected chi connectivity index (χ1v) is 11.0. The van der Waals surface area contributed by atoms with Gasteiger partial charge in [0.05, 0.1) is 10.6 Å². The molecule has 0 aliphatic heterocycles. The lowest BCUT2D eigenvalue weighted by Crippen LogP contribution is -2.30. The molecule has 1 aromatic heterocycles. The van der Waals surface area contributed by atoms with E-state index in [1.807, 2.05) is 13.8 Å². The average molecular weight is 435 g/mol. The summed E-state index contributed by atoms with van der Waals surface area (Å²) in [5, 5.41) is 2.40. The van der Waals surface area contributed by atoms with Crippen molar-refractivity contribution in [3.63, 3.8) is 0 Å². The molecule has 1 N–H and O–H groups in total. The second kappa shape index (κ2) is 8.81. The van der Waals surface area contributed by atoms with Crippen LogP contribution in [-0.4, -0.2) is 25.9 Å². The summed E-state index contributed by atoms with van der Waals surface area (Å²) < 4.78 is 44.9. The molecule has 152 valence electrons. The van der Waals surface area contributed by atoms with Crippen molar-refractivity contribution in [2.45, 2.75) is 25.3 Å². The topological polar surface area (TPSA) is 85.4 Å². The lowest BCUT2D eigenvalue weighted by atomic mass is 10.1. The highest BCUT2D eigenvalue weighted by Gasteiger charge is 2.17. The number of ether oxygens (including phenoxy) is 1. The van der Waals surface area contributed by atoms with Gasteiger partial charge in [-0.15, -0.1) is 11.3 Å². The molecule has 6 nitrogen and oxygen atoms in total. The highest BCUT2D eigenvalue weighted by molar-refractivity contribution is 7.89. The van der Waals surface area contributed by atoms with E-state index in [0.717, 1.165) is 16.7 Å². The summed E-state index contributed by atoms with van der Waals surface area (Å²) in [5.74, 6) is -1.04. The largest absolute Gasteiger partial charge is 0.458 e. The van der Waals surface area contributed by atoms with E-state index in [1.54, 1.807) is 29.6 Å². The van der Waals surface area contributed by atoms with Crippen LogP contribution in [0.1, 0.15) is 16.8 Å². The van der Waals surface area contributed by atoms with Gasteiger partial charge in [-0.3, -0.25) is 4.79 Å². The molecule has 1 heterocycles. The molecule has 9 heteroatoms. The van der Waals surface area contributed by atoms with Gasteiger partial charge < -0.3 is 4.74 Å². The fourth-order valence-corrected chi connectivity index (χ4v) is 4.29. The maximum Gasteiger partial charge on any atom is 0.321 e. The van der Waals surface area contributed by atoms with Crippen molar-refractivity contribution in [1.29, 1.82) is 0 Å². The van der Waals surface area contributed by atoms with E-state index < -0.39 is 22.5 Å². The molecule has 0 bridgehead atoms. The Morgan fingerprint density at radius 1 is 1.14 bits per heavy atom. The summed E-state index contributed by atoms with van der Waals surface area (Å²) in [6, 6.07) is 10.7. The van der Waals surface area contributed by atoms with Gasteiger partial charge in [0.15, 0.2) is 0 Å². The molecule has 29 heavy (non-hydrogen) atoms. The molecule has 0 unspecified atom stereocenters. The number of nitrogens with one attached hydrogen (secondary N) is 1. The van der Waals surface area contributed by atoms with Gasteiger partial charge in [0.2, 0.25) is 10.0 Å². The maximum absolute atomic E-state index is 13.0. The van der Waals surface area contributed by atoms with Gasteiger partial charge in [0, 0.05) is 10.9 Å². The Morgan fingerprint density at radius 3 is 2.55 bits per heavy atom. The Hall–Kier alpha value is -2.62. The predicted molar refractivity (Wildman–Crippen MR) is 108 cm³/mol. The van der Waals surface area contributed by atoms with Crippen LogP contribution in [0.2, 0.25) is 0 Å². The van der Waals surface area contributed by atoms with Crippen molar-refractivity contribution >= 4 is 27.3 Å². The first-order valence-electron chi connectivity index (χ1n) is 8.67. The molecular weight excluding hydrogens is 415 g/mol. The van der Waals surface area contributed by atoms with Crippen LogP contribution in [0.4, 0.5) is 4.39 Å². The van der Waals surface area contributed by atoms with Crippen LogP contribution in [-0.2, 0) is 26.2 Å². The molecule has 0 saturated heterocycles. The van der Waals surface area contributed by atoms with Gasteiger partial charge in [-0.2, -0.15) is 4.72 Å². The summed E-state index contributed by atoms with van der Waals surface area (Å²) in [6.07, 6.45) is 0. The molecule has 0 saturated carbocycles. The third-order valence-corrected chi connectivity index (χ3v) is 6.56. The Balaban J connectivity index is 1.53. The number of hydrogen-bond acceptors (Lipinski definition) is 6. The zero-order chi connectivity index (χ0) is 21.0. The average Bonchev–Trinajstić information content (AvgIpc) is 3.16. The number of sulfonamides is 1. The number of hydrogen-bond donors (Lipinski definition) is 1. The molecule has 2 aromatic carbocycles. The van der Waals surface area contributed by atoms with Crippen molar-refractivity contribution in [3.8, 4) is 10.6 Å². The molecule has 0 radical (unpaired) electrons. The van der Waals surface area contributed by atoms with Crippen LogP contribution >= 0.6 is 11.3 Å². The molecule has 3 rings (SSSR count). The van der Waals surface area contributed by atoms with E-state index in [-0.39, 0.29) is 17.3 Å². The summed E-state index contributed by atoms with van der Waals surface area (Å²) in [7, 11) is -3.81. The highest BCUT2D eigenvalue weighted by atomic mass is 32.2. The number of halogens is 1. The molecule has 0 atom stereocenters. The van der Waals surface area contributed by atoms with Crippen LogP contribution < -0.4 is 4.72 Å². The van der Waals surface area contributed by atoms with Crippen molar-refractivity contribution in [1.82, 2.24) is 9.71 Å². The monoisotopic (exact) mass is 434 g/mol. The molecular formula is C20H19FN2O4S2. The fraction of sp³-hybridized carbons (Fsp3) is 0.200. The molecule has 0 aliphatic carbocycles. The second-order valence-corrected chi connectivity index (χ2v) is 9.01. The minimum Gasteiger partial charge on any atom is -0.458 e. The number of rotatable bonds is 7. The summed E-state index contributed by atoms with van der Waals surface area (Å²) >= 11 is 1.34. The van der Waals surface area contributed by atoms with Gasteiger partial charge in [0.1, 0.15) is 24.0 Å². The third kappa shape index (κ3) is 5.47. The summed E-state index contributed by atoms with van der Waals surface area (Å²) in [4.78, 5) is 16.3. The first kappa shape index (κ1) is 21.1. The fourth-order valence-electron chi connectivity index (χ4n) is 2.42. The van der Waals surface area contributed by atoms with Crippen molar-refractivity contribution in [2.75, 3.05) is 6.54 Å². The van der Waals surface area contributed by atoms with Gasteiger partial charge in [-0.25, -0.2) is 17.8 Å². The van der Waals surface area contributed by atoms with E-state index >= 15 is 0 Å². The number of nitrogens with zero attached hydrogens (tertiary/aromatic N) is 1. The van der Waals surface area contributed by atoms with Crippen LogP contribution in [0.15, 0.2) is 52.7 Å². The Morgan fingerprint density at radius 2 is 1.86 bits per heavy atom. The van der Waals surface area contributed by atoms with Gasteiger partial charge in [-0.1, -0.05) is 6.07 Å². The number of thiazole rings is 1. The third-order valence-electron chi connectivity index (χ3n) is 4.22. The normalized spacial score (nSPS) is 11.4. The van der Waals surface area contributed by atoms with E-state index in [9.17, 15) is 17.6 Å². The highest BCUT2D eigenvalue weighted by Crippen LogP contribution is 2.24. The smallest absolute Gasteiger partial charge is 0.321 e. The Bertz CT molecular complexity index is 1130. The van der Waals surface area contributed by atoms with Crippen LogP contribution in [0.5, 0.6) is 0 Å². The molecule has 0 amide bonds. The van der Waals surface area contributed by atoms with Gasteiger partial charge in [0.25, 0.3) is 0 Å². The standard InChI is InChI=1S/C20H19FN2O4S2/c1-13-3-8-18(9-14(13)2)29(25,26)22-10-19(24)27-11-17-12-28-20(23-17)15-4-6-16(21)7-5-15/h3-9,12,22H,10-11H2,1-2H3. The number of aryl methyl sites for hydroxylation is 2. The number of esters is 1. The van der Waals surface area contributed by atoms with Crippen molar-refractivity contribution in [3.05, 3.63) is 70.5 Å². The zero-order valence-corrected chi connectivity index (χ0v) is 17.4. The SMILES string of the molecule is Cc1ccc(S(=O)(=O)NCC(=O)OCc2csc(-c3ccc(F)cc3)n2)cc1C. The quantitative estimate of drug-likeness (QED) is 0.575. The van der Waals surface area contributed by atoms with Crippen LogP contribution in [0.25, 0.3) is 10.6 Å². The Labute approximate surface area is 172 Å². The minimum atomic E-state index is -3.81. The second-order valence-electron chi connectivity index (χ2n) is 6.38. The molecule has 0 fully saturated rings. The summed E-state index contributed by atoms with van der Waals surface area (Å²) in [5.41, 5.74) is 3.11. The number of carbonyl (C=O) groups excluding carboxylic acids is 1. The van der Waals surface area contributed by atoms with Crippen molar-refractivity contribution < 1.29 is 22.3 Å². The van der Waals surface area contributed by atoms with Crippen molar-refractivity contribution in [2.24, 2.45) is 0 Å². The van der Waals surface area contributed by atoms with Crippen LogP contribution in [0, 0.1) is 19.7 Å². The first-order chi connectivity index (χ1) is 13.7. The Kier molecular flexibility index (Phi) is 6.41. The maximum atomic E-state index is 13.0. The molecule has 0 aliphatic rings. The lowest BCUT2D eigenvalue weighted by molar-refractivity contribution is -0.143. The van der Waals surface area contributed by atoms with Crippen LogP contribution in [0.3, 0.4) is 0 Å². The number of aromatic nitrogens is 1. The van der Waals surface area contributed by atoms with E-state index in [4.69, 9.17) is 4.74 Å². The lowest BCUT2D eigenvalue weighted by Gasteiger charge is -2.08. The van der Waals surface area contributed by atoms with Gasteiger partial charge >= 0.3 is 5.97 Å². The minimum absolute atomic E-state index is 0.0815. The molecule has 3 aromatic rings. The number of benzene rings is 2. The zero-order valence-electron chi connectivity index (χ0n) is 15.8. The van der Waals surface area contributed by atoms with Gasteiger partial charge in [-0.05, 0) is 61.4 Å². The number of carbonyl (C=O) groups is 1. The van der Waals surface area contributed by atoms with E-state index in [2.05, 4.69) is 9.71 Å². The summed E-state index contributed by atoms with van der Waals surface area (Å²) in [6.45, 7) is 3.14. The predicted octanol–water partition coefficient (Wildman–Crippen LogP) is 3.59. The van der Waals surface area contributed by atoms with E-state index in [1.165, 1.54) is 29.5 Å². The molecule has 0 spiro atoms.